The van der Waals surface area contributed by atoms with E-state index in [0.29, 0.717) is 6.42 Å². The van der Waals surface area contributed by atoms with E-state index >= 15 is 0 Å². The van der Waals surface area contributed by atoms with Crippen LogP contribution in [0.4, 0.5) is 5.69 Å². The second kappa shape index (κ2) is 6.76. The topological polar surface area (TPSA) is 70.4 Å². The van der Waals surface area contributed by atoms with Crippen LogP contribution in [0.2, 0.25) is 0 Å². The molecular weight excluding hydrogens is 328 g/mol. The van der Waals surface area contributed by atoms with Crippen LogP contribution in [0.15, 0.2) is 30.6 Å². The summed E-state index contributed by atoms with van der Waals surface area (Å²) >= 11 is 0. The quantitative estimate of drug-likeness (QED) is 0.883. The number of benzene rings is 1. The number of nitrogens with one attached hydrogen (secondary N) is 1. The molecule has 1 saturated heterocycles. The van der Waals surface area contributed by atoms with Crippen LogP contribution in [-0.4, -0.2) is 46.0 Å². The van der Waals surface area contributed by atoms with Gasteiger partial charge in [-0.1, -0.05) is 11.6 Å². The average molecular weight is 354 g/mol. The lowest BCUT2D eigenvalue weighted by Crippen LogP contribution is -2.56. The summed E-state index contributed by atoms with van der Waals surface area (Å²) < 4.78 is 1.77. The molecule has 0 radical (unpaired) electrons. The Kier molecular flexibility index (Phi) is 4.44. The second-order valence-electron chi connectivity index (χ2n) is 7.59. The van der Waals surface area contributed by atoms with Crippen molar-refractivity contribution >= 4 is 11.6 Å². The van der Waals surface area contributed by atoms with Gasteiger partial charge >= 0.3 is 0 Å². The Morgan fingerprint density at radius 1 is 1.23 bits per heavy atom. The molecule has 2 aromatic rings. The van der Waals surface area contributed by atoms with E-state index in [9.17, 15) is 9.90 Å². The first kappa shape index (κ1) is 17.1. The number of amides is 1. The van der Waals surface area contributed by atoms with Gasteiger partial charge in [0, 0.05) is 25.0 Å². The van der Waals surface area contributed by atoms with Gasteiger partial charge in [0.25, 0.3) is 5.91 Å². The number of aromatic nitrogens is 2. The van der Waals surface area contributed by atoms with E-state index in [-0.39, 0.29) is 18.0 Å². The molecule has 6 heteroatoms. The van der Waals surface area contributed by atoms with Gasteiger partial charge in [0.1, 0.15) is 0 Å². The van der Waals surface area contributed by atoms with Crippen molar-refractivity contribution in [1.82, 2.24) is 15.1 Å². The van der Waals surface area contributed by atoms with Gasteiger partial charge in [-0.05, 0) is 50.8 Å². The number of carbonyl (C=O) groups is 1. The number of rotatable bonds is 4. The fraction of sp³-hybridized carbons (Fsp3) is 0.500. The summed E-state index contributed by atoms with van der Waals surface area (Å²) in [7, 11) is 0. The standard InChI is InChI=1S/C20H26N4O2/c1-13-5-6-17(23-7-3-4-8-23)15(9-13)20(26)22-16-10-18(25)19(16)24-12-14(2)11-21-24/h5-6,9,11-12,16,18-19,25H,3-4,7-8,10H2,1-2H3,(H,22,26)/t16-,18+,19+/m0/s1. The zero-order valence-electron chi connectivity index (χ0n) is 15.4. The number of aliphatic hydroxyl groups excluding tert-OH is 1. The maximum Gasteiger partial charge on any atom is 0.253 e. The summed E-state index contributed by atoms with van der Waals surface area (Å²) in [6, 6.07) is 5.77. The molecule has 6 nitrogen and oxygen atoms in total. The summed E-state index contributed by atoms with van der Waals surface area (Å²) in [5, 5.41) is 17.6. The normalized spacial score (nSPS) is 25.2. The molecule has 3 atom stereocenters. The third kappa shape index (κ3) is 3.09. The first-order valence-electron chi connectivity index (χ1n) is 9.38. The van der Waals surface area contributed by atoms with Crippen molar-refractivity contribution in [3.8, 4) is 0 Å². The van der Waals surface area contributed by atoms with Crippen molar-refractivity contribution in [3.63, 3.8) is 0 Å². The van der Waals surface area contributed by atoms with Gasteiger partial charge in [-0.3, -0.25) is 9.48 Å². The molecule has 0 spiro atoms. The highest BCUT2D eigenvalue weighted by Crippen LogP contribution is 2.33. The highest BCUT2D eigenvalue weighted by molar-refractivity contribution is 6.00. The molecule has 1 aromatic heterocycles. The molecule has 26 heavy (non-hydrogen) atoms. The Morgan fingerprint density at radius 2 is 2.00 bits per heavy atom. The SMILES string of the molecule is Cc1ccc(N2CCCC2)c(C(=O)N[C@H]2C[C@@H](O)[C@@H]2n2cc(C)cn2)c1. The summed E-state index contributed by atoms with van der Waals surface area (Å²) in [6.45, 7) is 5.98. The molecule has 2 N–H and O–H groups in total. The van der Waals surface area contributed by atoms with Crippen LogP contribution in [-0.2, 0) is 0 Å². The third-order valence-corrected chi connectivity index (χ3v) is 5.50. The molecule has 2 aliphatic rings. The Morgan fingerprint density at radius 3 is 2.65 bits per heavy atom. The van der Waals surface area contributed by atoms with Gasteiger partial charge in [0.2, 0.25) is 0 Å². The van der Waals surface area contributed by atoms with Crippen molar-refractivity contribution in [2.45, 2.75) is 51.3 Å². The second-order valence-corrected chi connectivity index (χ2v) is 7.59. The summed E-state index contributed by atoms with van der Waals surface area (Å²) in [6.07, 6.45) is 6.11. The Balaban J connectivity index is 1.54. The molecule has 0 bridgehead atoms. The number of hydrogen-bond donors (Lipinski definition) is 2. The van der Waals surface area contributed by atoms with E-state index in [2.05, 4.69) is 27.4 Å². The molecule has 1 aromatic carbocycles. The van der Waals surface area contributed by atoms with E-state index in [4.69, 9.17) is 0 Å². The van der Waals surface area contributed by atoms with Crippen molar-refractivity contribution in [3.05, 3.63) is 47.3 Å². The molecule has 1 amide bonds. The van der Waals surface area contributed by atoms with Crippen molar-refractivity contribution in [1.29, 1.82) is 0 Å². The number of aliphatic hydroxyl groups is 1. The van der Waals surface area contributed by atoms with Gasteiger partial charge < -0.3 is 15.3 Å². The molecule has 0 unspecified atom stereocenters. The fourth-order valence-electron chi connectivity index (χ4n) is 4.02. The number of anilines is 1. The minimum atomic E-state index is -0.477. The highest BCUT2D eigenvalue weighted by atomic mass is 16.3. The molecule has 2 heterocycles. The number of hydrogen-bond acceptors (Lipinski definition) is 4. The summed E-state index contributed by atoms with van der Waals surface area (Å²) in [4.78, 5) is 15.3. The zero-order chi connectivity index (χ0) is 18.3. The number of nitrogens with zero attached hydrogens (tertiary/aromatic N) is 3. The van der Waals surface area contributed by atoms with Crippen molar-refractivity contribution in [2.75, 3.05) is 18.0 Å². The lowest BCUT2D eigenvalue weighted by molar-refractivity contribution is -0.00589. The number of aryl methyl sites for hydroxylation is 2. The van der Waals surface area contributed by atoms with Gasteiger partial charge in [-0.15, -0.1) is 0 Å². The van der Waals surface area contributed by atoms with E-state index in [1.165, 1.54) is 12.8 Å². The fourth-order valence-corrected chi connectivity index (χ4v) is 4.02. The van der Waals surface area contributed by atoms with Crippen LogP contribution in [0, 0.1) is 13.8 Å². The average Bonchev–Trinajstić information content (AvgIpc) is 3.26. The van der Waals surface area contributed by atoms with Gasteiger partial charge in [-0.2, -0.15) is 5.10 Å². The van der Waals surface area contributed by atoms with Gasteiger partial charge in [-0.25, -0.2) is 0 Å². The molecule has 138 valence electrons. The van der Waals surface area contributed by atoms with Crippen LogP contribution in [0.3, 0.4) is 0 Å². The van der Waals surface area contributed by atoms with Crippen molar-refractivity contribution in [2.24, 2.45) is 0 Å². The maximum atomic E-state index is 13.0. The van der Waals surface area contributed by atoms with Crippen LogP contribution >= 0.6 is 0 Å². The van der Waals surface area contributed by atoms with Gasteiger partial charge in [0.05, 0.1) is 29.9 Å². The molecule has 4 rings (SSSR count). The van der Waals surface area contributed by atoms with E-state index in [1.54, 1.807) is 10.9 Å². The Hall–Kier alpha value is -2.34. The number of carbonyl (C=O) groups excluding carboxylic acids is 1. The first-order chi connectivity index (χ1) is 12.5. The summed E-state index contributed by atoms with van der Waals surface area (Å²) in [5.74, 6) is -0.0682. The first-order valence-corrected chi connectivity index (χ1v) is 9.38. The molecule has 1 saturated carbocycles. The van der Waals surface area contributed by atoms with E-state index in [1.807, 2.05) is 26.1 Å². The van der Waals surface area contributed by atoms with Gasteiger partial charge in [0.15, 0.2) is 0 Å². The Bertz CT molecular complexity index is 810. The molecule has 2 fully saturated rings. The predicted octanol–water partition coefficient (Wildman–Crippen LogP) is 2.20. The monoisotopic (exact) mass is 354 g/mol. The minimum Gasteiger partial charge on any atom is -0.391 e. The molecule has 1 aliphatic carbocycles. The lowest BCUT2D eigenvalue weighted by atomic mass is 9.82. The lowest BCUT2D eigenvalue weighted by Gasteiger charge is -2.42. The zero-order valence-corrected chi connectivity index (χ0v) is 15.4. The van der Waals surface area contributed by atoms with E-state index < -0.39 is 6.10 Å². The highest BCUT2D eigenvalue weighted by Gasteiger charge is 2.43. The third-order valence-electron chi connectivity index (χ3n) is 5.50. The van der Waals surface area contributed by atoms with Crippen LogP contribution in [0.5, 0.6) is 0 Å². The van der Waals surface area contributed by atoms with Crippen molar-refractivity contribution < 1.29 is 9.90 Å². The smallest absolute Gasteiger partial charge is 0.253 e. The molecular formula is C20H26N4O2. The van der Waals surface area contributed by atoms with E-state index in [0.717, 1.165) is 35.5 Å². The predicted molar refractivity (Wildman–Crippen MR) is 101 cm³/mol. The van der Waals surface area contributed by atoms with Crippen LogP contribution in [0.25, 0.3) is 0 Å². The molecule has 1 aliphatic heterocycles. The Labute approximate surface area is 153 Å². The largest absolute Gasteiger partial charge is 0.391 e. The minimum absolute atomic E-state index is 0.0682. The van der Waals surface area contributed by atoms with Crippen LogP contribution < -0.4 is 10.2 Å². The summed E-state index contributed by atoms with van der Waals surface area (Å²) in [5.41, 5.74) is 3.86. The maximum absolute atomic E-state index is 13.0. The van der Waals surface area contributed by atoms with Crippen LogP contribution in [0.1, 0.15) is 46.8 Å².